The van der Waals surface area contributed by atoms with Crippen molar-refractivity contribution in [2.24, 2.45) is 0 Å². The van der Waals surface area contributed by atoms with Gasteiger partial charge in [-0.1, -0.05) is 18.2 Å². The minimum atomic E-state index is -1.15. The predicted molar refractivity (Wildman–Crippen MR) is 58.3 cm³/mol. The molecule has 2 aliphatic heterocycles. The molecule has 17 heavy (non-hydrogen) atoms. The summed E-state index contributed by atoms with van der Waals surface area (Å²) in [5.41, 5.74) is 0.260. The van der Waals surface area contributed by atoms with Crippen molar-refractivity contribution in [3.8, 4) is 0 Å². The summed E-state index contributed by atoms with van der Waals surface area (Å²) in [5, 5.41) is 2.71. The molecular formula is C12H11NO4. The van der Waals surface area contributed by atoms with Crippen LogP contribution in [-0.4, -0.2) is 24.6 Å². The summed E-state index contributed by atoms with van der Waals surface area (Å²) in [6, 6.07) is 7.20. The Morgan fingerprint density at radius 1 is 1.53 bits per heavy atom. The molecule has 88 valence electrons. The monoisotopic (exact) mass is 233 g/mol. The molecule has 0 aliphatic carbocycles. The molecule has 1 aromatic carbocycles. The van der Waals surface area contributed by atoms with E-state index in [9.17, 15) is 9.59 Å². The molecule has 1 N–H and O–H groups in total. The highest BCUT2D eigenvalue weighted by Gasteiger charge is 2.71. The van der Waals surface area contributed by atoms with Gasteiger partial charge in [-0.2, -0.15) is 0 Å². The average molecular weight is 233 g/mol. The van der Waals surface area contributed by atoms with Crippen molar-refractivity contribution in [2.75, 3.05) is 11.9 Å². The molecular weight excluding hydrogens is 222 g/mol. The zero-order chi connectivity index (χ0) is 12.0. The van der Waals surface area contributed by atoms with Crippen molar-refractivity contribution in [2.45, 2.75) is 18.6 Å². The molecule has 0 aromatic heterocycles. The van der Waals surface area contributed by atoms with Crippen molar-refractivity contribution in [1.82, 2.24) is 0 Å². The SMILES string of the molecule is CCOC(=O)[C@H]1O[C@@]12C(=O)Nc1ccccc12. The van der Waals surface area contributed by atoms with E-state index in [1.165, 1.54) is 0 Å². The van der Waals surface area contributed by atoms with E-state index >= 15 is 0 Å². The van der Waals surface area contributed by atoms with Gasteiger partial charge in [0.25, 0.3) is 5.91 Å². The normalized spacial score (nSPS) is 28.8. The number of epoxide rings is 1. The van der Waals surface area contributed by atoms with Crippen LogP contribution < -0.4 is 5.32 Å². The van der Waals surface area contributed by atoms with Gasteiger partial charge in [-0.15, -0.1) is 0 Å². The van der Waals surface area contributed by atoms with Gasteiger partial charge in [0.2, 0.25) is 5.60 Å². The lowest BCUT2D eigenvalue weighted by Crippen LogP contribution is -2.27. The predicted octanol–water partition coefficient (Wildman–Crippen LogP) is 0.796. The number of anilines is 1. The van der Waals surface area contributed by atoms with Crippen LogP contribution in [0.1, 0.15) is 12.5 Å². The molecule has 1 spiro atoms. The van der Waals surface area contributed by atoms with Crippen molar-refractivity contribution in [3.05, 3.63) is 29.8 Å². The third-order valence-electron chi connectivity index (χ3n) is 3.03. The maximum atomic E-state index is 11.9. The van der Waals surface area contributed by atoms with Crippen molar-refractivity contribution < 1.29 is 19.1 Å². The number of ether oxygens (including phenoxy) is 2. The lowest BCUT2D eigenvalue weighted by molar-refractivity contribution is -0.144. The Morgan fingerprint density at radius 3 is 3.06 bits per heavy atom. The van der Waals surface area contributed by atoms with Gasteiger partial charge in [0.05, 0.1) is 6.61 Å². The summed E-state index contributed by atoms with van der Waals surface area (Å²) < 4.78 is 10.2. The van der Waals surface area contributed by atoms with E-state index in [4.69, 9.17) is 9.47 Å². The number of para-hydroxylation sites is 1. The van der Waals surface area contributed by atoms with Crippen LogP contribution in [0.25, 0.3) is 0 Å². The number of esters is 1. The minimum Gasteiger partial charge on any atom is -0.464 e. The standard InChI is InChI=1S/C12H11NO4/c1-2-16-10(14)9-12(17-9)7-5-3-4-6-8(7)13-11(12)15/h3-6,9H,2H2,1H3,(H,13,15)/t9-,12-/m1/s1. The smallest absolute Gasteiger partial charge is 0.339 e. The second kappa shape index (κ2) is 3.30. The summed E-state index contributed by atoms with van der Waals surface area (Å²) in [6.07, 6.45) is -0.814. The quantitative estimate of drug-likeness (QED) is 0.606. The van der Waals surface area contributed by atoms with Gasteiger partial charge < -0.3 is 14.8 Å². The number of carbonyl (C=O) groups is 2. The van der Waals surface area contributed by atoms with Gasteiger partial charge in [0, 0.05) is 11.3 Å². The van der Waals surface area contributed by atoms with Crippen LogP contribution in [-0.2, 0) is 24.7 Å². The average Bonchev–Trinajstić information content (AvgIpc) is 3.00. The van der Waals surface area contributed by atoms with Crippen LogP contribution in [0.15, 0.2) is 24.3 Å². The van der Waals surface area contributed by atoms with Crippen LogP contribution in [0.5, 0.6) is 0 Å². The molecule has 2 heterocycles. The van der Waals surface area contributed by atoms with E-state index in [1.54, 1.807) is 19.1 Å². The maximum absolute atomic E-state index is 11.9. The van der Waals surface area contributed by atoms with E-state index in [2.05, 4.69) is 5.32 Å². The third kappa shape index (κ3) is 1.23. The van der Waals surface area contributed by atoms with Gasteiger partial charge in [-0.05, 0) is 13.0 Å². The first-order chi connectivity index (χ1) is 8.20. The molecule has 0 unspecified atom stereocenters. The van der Waals surface area contributed by atoms with Crippen molar-refractivity contribution >= 4 is 17.6 Å². The maximum Gasteiger partial charge on any atom is 0.339 e. The topological polar surface area (TPSA) is 67.9 Å². The number of rotatable bonds is 2. The van der Waals surface area contributed by atoms with Crippen LogP contribution in [0.3, 0.4) is 0 Å². The number of fused-ring (bicyclic) bond motifs is 2. The Labute approximate surface area is 97.7 Å². The van der Waals surface area contributed by atoms with Gasteiger partial charge in [-0.25, -0.2) is 4.79 Å². The molecule has 3 rings (SSSR count). The summed E-state index contributed by atoms with van der Waals surface area (Å²) in [5.74, 6) is -0.781. The Bertz CT molecular complexity index is 513. The number of nitrogens with one attached hydrogen (secondary N) is 1. The molecule has 5 heteroatoms. The molecule has 2 atom stereocenters. The Balaban J connectivity index is 1.96. The summed E-state index contributed by atoms with van der Waals surface area (Å²) in [7, 11) is 0. The van der Waals surface area contributed by atoms with Gasteiger partial charge in [0.1, 0.15) is 0 Å². The molecule has 1 amide bonds. The highest BCUT2D eigenvalue weighted by atomic mass is 16.7. The lowest BCUT2D eigenvalue weighted by Gasteiger charge is -2.02. The second-order valence-corrected chi connectivity index (χ2v) is 3.99. The van der Waals surface area contributed by atoms with Crippen LogP contribution >= 0.6 is 0 Å². The highest BCUT2D eigenvalue weighted by Crippen LogP contribution is 2.53. The van der Waals surface area contributed by atoms with E-state index in [1.807, 2.05) is 12.1 Å². The molecule has 0 radical (unpaired) electrons. The molecule has 5 nitrogen and oxygen atoms in total. The van der Waals surface area contributed by atoms with Gasteiger partial charge in [0.15, 0.2) is 6.10 Å². The molecule has 0 bridgehead atoms. The van der Waals surface area contributed by atoms with Crippen LogP contribution in [0.4, 0.5) is 5.69 Å². The Morgan fingerprint density at radius 2 is 2.29 bits per heavy atom. The molecule has 0 saturated carbocycles. The van der Waals surface area contributed by atoms with Crippen molar-refractivity contribution in [3.63, 3.8) is 0 Å². The number of benzene rings is 1. The molecule has 1 aromatic rings. The van der Waals surface area contributed by atoms with E-state index in [0.717, 1.165) is 0 Å². The number of amides is 1. The van der Waals surface area contributed by atoms with Gasteiger partial charge in [-0.3, -0.25) is 4.79 Å². The van der Waals surface area contributed by atoms with Gasteiger partial charge >= 0.3 is 5.97 Å². The summed E-state index contributed by atoms with van der Waals surface area (Å²) in [6.45, 7) is 1.99. The number of carbonyl (C=O) groups excluding carboxylic acids is 2. The summed E-state index contributed by atoms with van der Waals surface area (Å²) >= 11 is 0. The first-order valence-corrected chi connectivity index (χ1v) is 5.45. The highest BCUT2D eigenvalue weighted by molar-refractivity contribution is 6.10. The number of hydrogen-bond acceptors (Lipinski definition) is 4. The fourth-order valence-corrected chi connectivity index (χ4v) is 2.21. The van der Waals surface area contributed by atoms with Crippen LogP contribution in [0.2, 0.25) is 0 Å². The van der Waals surface area contributed by atoms with E-state index in [0.29, 0.717) is 11.3 Å². The fourth-order valence-electron chi connectivity index (χ4n) is 2.21. The third-order valence-corrected chi connectivity index (χ3v) is 3.03. The molecule has 1 fully saturated rings. The number of hydrogen-bond donors (Lipinski definition) is 1. The van der Waals surface area contributed by atoms with Crippen molar-refractivity contribution in [1.29, 1.82) is 0 Å². The Kier molecular flexibility index (Phi) is 2.00. The lowest BCUT2D eigenvalue weighted by atomic mass is 9.97. The first kappa shape index (κ1) is 10.3. The van der Waals surface area contributed by atoms with E-state index in [-0.39, 0.29) is 12.5 Å². The largest absolute Gasteiger partial charge is 0.464 e. The van der Waals surface area contributed by atoms with E-state index < -0.39 is 17.7 Å². The fraction of sp³-hybridized carbons (Fsp3) is 0.333. The summed E-state index contributed by atoms with van der Waals surface area (Å²) in [4.78, 5) is 23.5. The Hall–Kier alpha value is -1.88. The molecule has 2 aliphatic rings. The second-order valence-electron chi connectivity index (χ2n) is 3.99. The zero-order valence-corrected chi connectivity index (χ0v) is 9.23. The zero-order valence-electron chi connectivity index (χ0n) is 9.23. The first-order valence-electron chi connectivity index (χ1n) is 5.45. The minimum absolute atomic E-state index is 0.276. The van der Waals surface area contributed by atoms with Crippen LogP contribution in [0, 0.1) is 0 Å². The molecule has 1 saturated heterocycles.